The van der Waals surface area contributed by atoms with E-state index >= 15 is 0 Å². The normalized spacial score (nSPS) is 10.9. The first-order chi connectivity index (χ1) is 8.56. The number of hydrogen-bond donors (Lipinski definition) is 1. The average Bonchev–Trinajstić information content (AvgIpc) is 2.76. The molecule has 0 saturated carbocycles. The SMILES string of the molecule is Cc1cc(C)nc(N(Cc2cnc[nH]2)C(C)C)n1. The van der Waals surface area contributed by atoms with Crippen molar-refractivity contribution in [3.63, 3.8) is 0 Å². The van der Waals surface area contributed by atoms with Crippen LogP contribution in [0.1, 0.15) is 30.9 Å². The van der Waals surface area contributed by atoms with Crippen LogP contribution < -0.4 is 4.90 Å². The van der Waals surface area contributed by atoms with E-state index in [2.05, 4.69) is 38.7 Å². The van der Waals surface area contributed by atoms with Crippen molar-refractivity contribution < 1.29 is 0 Å². The summed E-state index contributed by atoms with van der Waals surface area (Å²) < 4.78 is 0. The highest BCUT2D eigenvalue weighted by atomic mass is 15.3. The molecule has 0 aliphatic carbocycles. The second-order valence-electron chi connectivity index (χ2n) is 4.75. The van der Waals surface area contributed by atoms with E-state index in [1.807, 2.05) is 26.1 Å². The Morgan fingerprint density at radius 3 is 2.39 bits per heavy atom. The molecule has 0 unspecified atom stereocenters. The summed E-state index contributed by atoms with van der Waals surface area (Å²) in [7, 11) is 0. The summed E-state index contributed by atoms with van der Waals surface area (Å²) >= 11 is 0. The molecule has 0 fully saturated rings. The largest absolute Gasteiger partial charge is 0.347 e. The number of hydrogen-bond acceptors (Lipinski definition) is 4. The minimum atomic E-state index is 0.328. The standard InChI is InChI=1S/C13H19N5/c1-9(2)18(7-12-6-14-8-15-12)13-16-10(3)5-11(4)17-13/h5-6,8-9H,7H2,1-4H3,(H,14,15). The topological polar surface area (TPSA) is 57.7 Å². The third-order valence-electron chi connectivity index (χ3n) is 2.75. The minimum Gasteiger partial charge on any atom is -0.347 e. The Balaban J connectivity index is 2.29. The van der Waals surface area contributed by atoms with Gasteiger partial charge < -0.3 is 9.88 Å². The fourth-order valence-electron chi connectivity index (χ4n) is 1.87. The van der Waals surface area contributed by atoms with Gasteiger partial charge in [0.25, 0.3) is 0 Å². The fourth-order valence-corrected chi connectivity index (χ4v) is 1.87. The monoisotopic (exact) mass is 245 g/mol. The van der Waals surface area contributed by atoms with Crippen molar-refractivity contribution in [3.8, 4) is 0 Å². The molecule has 0 bridgehead atoms. The highest BCUT2D eigenvalue weighted by Crippen LogP contribution is 2.15. The van der Waals surface area contributed by atoms with Crippen molar-refractivity contribution in [2.75, 3.05) is 4.90 Å². The number of aromatic amines is 1. The molecule has 1 N–H and O–H groups in total. The van der Waals surface area contributed by atoms with Crippen LogP contribution in [0.25, 0.3) is 0 Å². The van der Waals surface area contributed by atoms with Crippen LogP contribution in [0.15, 0.2) is 18.6 Å². The van der Waals surface area contributed by atoms with E-state index in [0.717, 1.165) is 29.6 Å². The number of anilines is 1. The molecule has 5 nitrogen and oxygen atoms in total. The van der Waals surface area contributed by atoms with Crippen LogP contribution >= 0.6 is 0 Å². The van der Waals surface area contributed by atoms with E-state index in [4.69, 9.17) is 0 Å². The Labute approximate surface area is 107 Å². The predicted octanol–water partition coefficient (Wildman–Crippen LogP) is 2.23. The Kier molecular flexibility index (Phi) is 3.60. The van der Waals surface area contributed by atoms with Gasteiger partial charge in [0.05, 0.1) is 18.6 Å². The Bertz CT molecular complexity index is 484. The molecule has 0 aromatic carbocycles. The lowest BCUT2D eigenvalue weighted by Gasteiger charge is -2.26. The molecule has 0 radical (unpaired) electrons. The molecule has 5 heteroatoms. The number of rotatable bonds is 4. The summed E-state index contributed by atoms with van der Waals surface area (Å²) in [6.07, 6.45) is 3.52. The van der Waals surface area contributed by atoms with Gasteiger partial charge in [0, 0.05) is 23.6 Å². The summed E-state index contributed by atoms with van der Waals surface area (Å²) in [5.41, 5.74) is 3.05. The van der Waals surface area contributed by atoms with E-state index < -0.39 is 0 Å². The Morgan fingerprint density at radius 1 is 1.22 bits per heavy atom. The maximum Gasteiger partial charge on any atom is 0.226 e. The molecule has 0 saturated heterocycles. The second-order valence-corrected chi connectivity index (χ2v) is 4.75. The van der Waals surface area contributed by atoms with Crippen molar-refractivity contribution in [1.82, 2.24) is 19.9 Å². The number of aromatic nitrogens is 4. The molecule has 0 aliphatic rings. The first kappa shape index (κ1) is 12.5. The van der Waals surface area contributed by atoms with Crippen molar-refractivity contribution in [2.24, 2.45) is 0 Å². The van der Waals surface area contributed by atoms with Gasteiger partial charge in [0.15, 0.2) is 0 Å². The van der Waals surface area contributed by atoms with Gasteiger partial charge in [-0.15, -0.1) is 0 Å². The van der Waals surface area contributed by atoms with Crippen LogP contribution in [0.2, 0.25) is 0 Å². The van der Waals surface area contributed by atoms with Gasteiger partial charge in [0.2, 0.25) is 5.95 Å². The zero-order chi connectivity index (χ0) is 13.1. The van der Waals surface area contributed by atoms with Crippen LogP contribution in [0, 0.1) is 13.8 Å². The fraction of sp³-hybridized carbons (Fsp3) is 0.462. The third kappa shape index (κ3) is 2.85. The Hall–Kier alpha value is -1.91. The summed E-state index contributed by atoms with van der Waals surface area (Å²) in [4.78, 5) is 18.3. The summed E-state index contributed by atoms with van der Waals surface area (Å²) in [6, 6.07) is 2.31. The number of H-pyrrole nitrogens is 1. The average molecular weight is 245 g/mol. The molecule has 0 spiro atoms. The van der Waals surface area contributed by atoms with Crippen LogP contribution in [-0.2, 0) is 6.54 Å². The zero-order valence-electron chi connectivity index (χ0n) is 11.3. The maximum absolute atomic E-state index is 4.52. The number of imidazole rings is 1. The van der Waals surface area contributed by atoms with E-state index in [0.29, 0.717) is 6.04 Å². The number of aryl methyl sites for hydroxylation is 2. The first-order valence-electron chi connectivity index (χ1n) is 6.12. The predicted molar refractivity (Wildman–Crippen MR) is 71.4 cm³/mol. The molecule has 0 aliphatic heterocycles. The molecule has 2 aromatic rings. The van der Waals surface area contributed by atoms with E-state index in [1.54, 1.807) is 6.33 Å². The first-order valence-corrected chi connectivity index (χ1v) is 6.12. The zero-order valence-corrected chi connectivity index (χ0v) is 11.3. The number of nitrogens with one attached hydrogen (secondary N) is 1. The molecule has 2 heterocycles. The van der Waals surface area contributed by atoms with Crippen LogP contribution in [0.5, 0.6) is 0 Å². The van der Waals surface area contributed by atoms with Gasteiger partial charge in [0.1, 0.15) is 0 Å². The molecule has 0 amide bonds. The van der Waals surface area contributed by atoms with E-state index in [-0.39, 0.29) is 0 Å². The molecule has 96 valence electrons. The molecular formula is C13H19N5. The van der Waals surface area contributed by atoms with Crippen molar-refractivity contribution >= 4 is 5.95 Å². The second kappa shape index (κ2) is 5.16. The van der Waals surface area contributed by atoms with E-state index in [1.165, 1.54) is 0 Å². The quantitative estimate of drug-likeness (QED) is 0.897. The highest BCUT2D eigenvalue weighted by molar-refractivity contribution is 5.34. The van der Waals surface area contributed by atoms with Gasteiger partial charge in [-0.25, -0.2) is 15.0 Å². The van der Waals surface area contributed by atoms with Crippen LogP contribution in [0.3, 0.4) is 0 Å². The molecule has 2 rings (SSSR count). The summed E-state index contributed by atoms with van der Waals surface area (Å²) in [5, 5.41) is 0. The molecule has 2 aromatic heterocycles. The highest BCUT2D eigenvalue weighted by Gasteiger charge is 2.15. The van der Waals surface area contributed by atoms with Gasteiger partial charge in [-0.05, 0) is 33.8 Å². The third-order valence-corrected chi connectivity index (χ3v) is 2.75. The van der Waals surface area contributed by atoms with Gasteiger partial charge in [-0.2, -0.15) is 0 Å². The minimum absolute atomic E-state index is 0.328. The van der Waals surface area contributed by atoms with Crippen LogP contribution in [0.4, 0.5) is 5.95 Å². The van der Waals surface area contributed by atoms with E-state index in [9.17, 15) is 0 Å². The molecule has 18 heavy (non-hydrogen) atoms. The smallest absolute Gasteiger partial charge is 0.226 e. The summed E-state index contributed by atoms with van der Waals surface area (Å²) in [5.74, 6) is 0.775. The Morgan fingerprint density at radius 2 is 1.89 bits per heavy atom. The van der Waals surface area contributed by atoms with Crippen molar-refractivity contribution in [2.45, 2.75) is 40.3 Å². The number of nitrogens with zero attached hydrogens (tertiary/aromatic N) is 4. The maximum atomic E-state index is 4.52. The lowest BCUT2D eigenvalue weighted by molar-refractivity contribution is 0.651. The van der Waals surface area contributed by atoms with Crippen LogP contribution in [-0.4, -0.2) is 26.0 Å². The van der Waals surface area contributed by atoms with Gasteiger partial charge in [-0.1, -0.05) is 0 Å². The van der Waals surface area contributed by atoms with Gasteiger partial charge >= 0.3 is 0 Å². The van der Waals surface area contributed by atoms with Crippen molar-refractivity contribution in [3.05, 3.63) is 35.7 Å². The summed E-state index contributed by atoms with van der Waals surface area (Å²) in [6.45, 7) is 9.00. The van der Waals surface area contributed by atoms with Crippen molar-refractivity contribution in [1.29, 1.82) is 0 Å². The molecule has 0 atom stereocenters. The lowest BCUT2D eigenvalue weighted by atomic mass is 10.3. The lowest BCUT2D eigenvalue weighted by Crippen LogP contribution is -2.32. The van der Waals surface area contributed by atoms with Gasteiger partial charge in [-0.3, -0.25) is 0 Å². The molecular weight excluding hydrogens is 226 g/mol.